The summed E-state index contributed by atoms with van der Waals surface area (Å²) in [5, 5.41) is 12.7. The second-order valence-electron chi connectivity index (χ2n) is 3.82. The Kier molecular flexibility index (Phi) is 4.99. The summed E-state index contributed by atoms with van der Waals surface area (Å²) >= 11 is 6.07. The molecule has 4 nitrogen and oxygen atoms in total. The fourth-order valence-electron chi connectivity index (χ4n) is 1.27. The highest BCUT2D eigenvalue weighted by Gasteiger charge is 2.11. The number of aliphatic hydroxyl groups is 1. The molecule has 0 saturated carbocycles. The third-order valence-electron chi connectivity index (χ3n) is 2.59. The van der Waals surface area contributed by atoms with Gasteiger partial charge >= 0.3 is 0 Å². The van der Waals surface area contributed by atoms with E-state index in [4.69, 9.17) is 16.7 Å². The van der Waals surface area contributed by atoms with Crippen LogP contribution in [0.25, 0.3) is 0 Å². The Morgan fingerprint density at radius 2 is 2.25 bits per heavy atom. The number of likely N-dealkylation sites (N-methyl/N-ethyl adjacent to an activating group) is 1. The highest BCUT2D eigenvalue weighted by Crippen LogP contribution is 2.18. The Morgan fingerprint density at radius 1 is 1.56 bits per heavy atom. The first kappa shape index (κ1) is 13.2. The minimum atomic E-state index is 0.0936. The summed E-state index contributed by atoms with van der Waals surface area (Å²) in [6.45, 7) is 2.70. The van der Waals surface area contributed by atoms with Crippen molar-refractivity contribution in [2.75, 3.05) is 26.0 Å². The highest BCUT2D eigenvalue weighted by molar-refractivity contribution is 6.31. The van der Waals surface area contributed by atoms with Gasteiger partial charge in [-0.2, -0.15) is 0 Å². The first-order valence-electron chi connectivity index (χ1n) is 5.22. The Bertz CT molecular complexity index is 346. The average molecular weight is 244 g/mol. The minimum Gasteiger partial charge on any atom is -0.395 e. The quantitative estimate of drug-likeness (QED) is 0.825. The molecule has 2 N–H and O–H groups in total. The zero-order valence-corrected chi connectivity index (χ0v) is 10.6. The van der Waals surface area contributed by atoms with Crippen molar-refractivity contribution in [2.45, 2.75) is 19.5 Å². The van der Waals surface area contributed by atoms with E-state index in [0.29, 0.717) is 11.6 Å². The van der Waals surface area contributed by atoms with Crippen LogP contribution in [0.5, 0.6) is 0 Å². The number of aromatic nitrogens is 1. The maximum atomic E-state index is 9.05. The summed E-state index contributed by atoms with van der Waals surface area (Å²) in [7, 11) is 3.75. The Balaban J connectivity index is 2.79. The number of aliphatic hydroxyl groups excluding tert-OH is 1. The lowest BCUT2D eigenvalue weighted by molar-refractivity contribution is 0.153. The lowest BCUT2D eigenvalue weighted by atomic mass is 10.2. The molecule has 1 atom stereocenters. The molecule has 0 radical (unpaired) electrons. The number of nitrogens with zero attached hydrogens (tertiary/aromatic N) is 2. The van der Waals surface area contributed by atoms with E-state index in [1.807, 2.05) is 38.1 Å². The maximum Gasteiger partial charge on any atom is 0.126 e. The molecule has 1 aromatic heterocycles. The van der Waals surface area contributed by atoms with Crippen molar-refractivity contribution in [3.63, 3.8) is 0 Å². The number of hydrogen-bond donors (Lipinski definition) is 2. The first-order valence-corrected chi connectivity index (χ1v) is 5.60. The summed E-state index contributed by atoms with van der Waals surface area (Å²) < 4.78 is 0. The molecule has 1 rings (SSSR count). The van der Waals surface area contributed by atoms with Crippen molar-refractivity contribution in [1.29, 1.82) is 0 Å². The molecule has 0 amide bonds. The van der Waals surface area contributed by atoms with Crippen LogP contribution in [-0.4, -0.2) is 41.7 Å². The molecular weight excluding hydrogens is 226 g/mol. The van der Waals surface area contributed by atoms with Crippen molar-refractivity contribution in [1.82, 2.24) is 9.88 Å². The lowest BCUT2D eigenvalue weighted by Gasteiger charge is -2.22. The van der Waals surface area contributed by atoms with Gasteiger partial charge in [0.05, 0.1) is 17.3 Å². The molecule has 0 bridgehead atoms. The highest BCUT2D eigenvalue weighted by atomic mass is 35.5. The van der Waals surface area contributed by atoms with Gasteiger partial charge in [-0.05, 0) is 26.1 Å². The maximum absolute atomic E-state index is 9.05. The Hall–Kier alpha value is -0.840. The van der Waals surface area contributed by atoms with Gasteiger partial charge < -0.3 is 10.4 Å². The second-order valence-corrected chi connectivity index (χ2v) is 4.23. The largest absolute Gasteiger partial charge is 0.395 e. The van der Waals surface area contributed by atoms with Crippen LogP contribution in [0.1, 0.15) is 12.6 Å². The Labute approximate surface area is 101 Å². The number of rotatable bonds is 5. The van der Waals surface area contributed by atoms with Gasteiger partial charge in [0.25, 0.3) is 0 Å². The molecule has 16 heavy (non-hydrogen) atoms. The summed E-state index contributed by atoms with van der Waals surface area (Å²) in [6.07, 6.45) is 0. The van der Waals surface area contributed by atoms with Gasteiger partial charge in [-0.25, -0.2) is 4.98 Å². The average Bonchev–Trinajstić information content (AvgIpc) is 2.30. The van der Waals surface area contributed by atoms with Crippen LogP contribution in [0, 0.1) is 0 Å². The predicted molar refractivity (Wildman–Crippen MR) is 66.8 cm³/mol. The second kappa shape index (κ2) is 6.03. The van der Waals surface area contributed by atoms with Crippen molar-refractivity contribution in [3.05, 3.63) is 22.8 Å². The van der Waals surface area contributed by atoms with E-state index < -0.39 is 0 Å². The van der Waals surface area contributed by atoms with Crippen LogP contribution >= 0.6 is 11.6 Å². The summed E-state index contributed by atoms with van der Waals surface area (Å²) in [6, 6.07) is 3.75. The van der Waals surface area contributed by atoms with Crippen LogP contribution in [0.4, 0.5) is 5.82 Å². The summed E-state index contributed by atoms with van der Waals surface area (Å²) in [4.78, 5) is 6.39. The molecule has 0 saturated heterocycles. The fourth-order valence-corrected chi connectivity index (χ4v) is 1.43. The van der Waals surface area contributed by atoms with Crippen molar-refractivity contribution < 1.29 is 5.11 Å². The van der Waals surface area contributed by atoms with Crippen LogP contribution in [-0.2, 0) is 6.54 Å². The summed E-state index contributed by atoms with van der Waals surface area (Å²) in [5.41, 5.74) is 0.816. The van der Waals surface area contributed by atoms with E-state index in [1.54, 1.807) is 0 Å². The van der Waals surface area contributed by atoms with Crippen LogP contribution < -0.4 is 5.32 Å². The number of halogens is 1. The number of anilines is 1. The van der Waals surface area contributed by atoms with E-state index in [-0.39, 0.29) is 12.6 Å². The third kappa shape index (κ3) is 3.33. The molecule has 90 valence electrons. The standard InChI is InChI=1S/C11H18ClN3O/c1-8(7-16)15(3)6-10-9(12)4-5-11(13-2)14-10/h4-5,8,16H,6-7H2,1-3H3,(H,13,14). The number of pyridine rings is 1. The molecular formula is C11H18ClN3O. The minimum absolute atomic E-state index is 0.0936. The van der Waals surface area contributed by atoms with Gasteiger partial charge in [0.2, 0.25) is 0 Å². The van der Waals surface area contributed by atoms with Gasteiger partial charge in [-0.3, -0.25) is 4.90 Å². The van der Waals surface area contributed by atoms with E-state index in [2.05, 4.69) is 10.3 Å². The van der Waals surface area contributed by atoms with E-state index in [0.717, 1.165) is 11.5 Å². The van der Waals surface area contributed by atoms with E-state index >= 15 is 0 Å². The zero-order valence-electron chi connectivity index (χ0n) is 9.87. The number of hydrogen-bond acceptors (Lipinski definition) is 4. The SMILES string of the molecule is CNc1ccc(Cl)c(CN(C)C(C)CO)n1. The van der Waals surface area contributed by atoms with Crippen LogP contribution in [0.2, 0.25) is 5.02 Å². The van der Waals surface area contributed by atoms with Crippen LogP contribution in [0.15, 0.2) is 12.1 Å². The van der Waals surface area contributed by atoms with Crippen molar-refractivity contribution >= 4 is 17.4 Å². The first-order chi connectivity index (χ1) is 7.58. The molecule has 0 fully saturated rings. The van der Waals surface area contributed by atoms with Gasteiger partial charge in [-0.1, -0.05) is 11.6 Å². The molecule has 0 aromatic carbocycles. The van der Waals surface area contributed by atoms with Crippen molar-refractivity contribution in [3.8, 4) is 0 Å². The number of nitrogens with one attached hydrogen (secondary N) is 1. The molecule has 1 unspecified atom stereocenters. The molecule has 1 aromatic rings. The molecule has 0 aliphatic rings. The fraction of sp³-hybridized carbons (Fsp3) is 0.545. The Morgan fingerprint density at radius 3 is 2.81 bits per heavy atom. The third-order valence-corrected chi connectivity index (χ3v) is 2.93. The normalized spacial score (nSPS) is 12.9. The van der Waals surface area contributed by atoms with E-state index in [1.165, 1.54) is 0 Å². The smallest absolute Gasteiger partial charge is 0.126 e. The predicted octanol–water partition coefficient (Wildman–Crippen LogP) is 1.59. The van der Waals surface area contributed by atoms with E-state index in [9.17, 15) is 0 Å². The van der Waals surface area contributed by atoms with Gasteiger partial charge in [0.15, 0.2) is 0 Å². The molecule has 0 spiro atoms. The topological polar surface area (TPSA) is 48.4 Å². The van der Waals surface area contributed by atoms with Crippen molar-refractivity contribution in [2.24, 2.45) is 0 Å². The zero-order chi connectivity index (χ0) is 12.1. The summed E-state index contributed by atoms with van der Waals surface area (Å²) in [5.74, 6) is 0.796. The van der Waals surface area contributed by atoms with Crippen LogP contribution in [0.3, 0.4) is 0 Å². The lowest BCUT2D eigenvalue weighted by Crippen LogP contribution is -2.31. The monoisotopic (exact) mass is 243 g/mol. The van der Waals surface area contributed by atoms with Gasteiger partial charge in [-0.15, -0.1) is 0 Å². The van der Waals surface area contributed by atoms with Gasteiger partial charge in [0.1, 0.15) is 5.82 Å². The molecule has 0 aliphatic carbocycles. The molecule has 5 heteroatoms. The van der Waals surface area contributed by atoms with Gasteiger partial charge in [0, 0.05) is 19.6 Å². The molecule has 0 aliphatic heterocycles. The molecule has 1 heterocycles.